The Labute approximate surface area is 173 Å². The Morgan fingerprint density at radius 1 is 1.07 bits per heavy atom. The Kier molecular flexibility index (Phi) is 3.70. The molecule has 0 radical (unpaired) electrons. The van der Waals surface area contributed by atoms with E-state index in [-0.39, 0.29) is 28.4 Å². The van der Waals surface area contributed by atoms with Crippen molar-refractivity contribution in [3.05, 3.63) is 48.0 Å². The van der Waals surface area contributed by atoms with Gasteiger partial charge in [-0.2, -0.15) is 0 Å². The van der Waals surface area contributed by atoms with Crippen molar-refractivity contribution in [1.29, 1.82) is 0 Å². The topological polar surface area (TPSA) is 47.3 Å². The van der Waals surface area contributed by atoms with Crippen LogP contribution in [0.5, 0.6) is 0 Å². The van der Waals surface area contributed by atoms with Crippen LogP contribution in [0, 0.1) is 33.5 Å². The maximum Gasteiger partial charge on any atom is 0.161 e. The zero-order valence-electron chi connectivity index (χ0n) is 18.2. The Bertz CT molecular complexity index is 949. The molecule has 2 unspecified atom stereocenters. The summed E-state index contributed by atoms with van der Waals surface area (Å²) in [6, 6.07) is 2.08. The van der Waals surface area contributed by atoms with Gasteiger partial charge in [0.25, 0.3) is 0 Å². The molecule has 0 aromatic carbocycles. The van der Waals surface area contributed by atoms with Gasteiger partial charge in [0.05, 0.1) is 17.9 Å². The van der Waals surface area contributed by atoms with Crippen LogP contribution in [0.2, 0.25) is 0 Å². The molecule has 29 heavy (non-hydrogen) atoms. The average molecular weight is 393 g/mol. The molecular formula is C26H32O3. The molecule has 0 aliphatic heterocycles. The predicted molar refractivity (Wildman–Crippen MR) is 112 cm³/mol. The second-order valence-corrected chi connectivity index (χ2v) is 11.1. The zero-order valence-corrected chi connectivity index (χ0v) is 18.2. The molecule has 6 atom stereocenters. The molecule has 2 fully saturated rings. The van der Waals surface area contributed by atoms with Crippen molar-refractivity contribution < 1.29 is 14.0 Å². The maximum absolute atomic E-state index is 13.8. The lowest BCUT2D eigenvalue weighted by Crippen LogP contribution is -2.62. The standard InChI is InChI=1S/C26H32O3/c1-23(2)20-14-22(28)26(5)18-7-6-17(16-10-13-29-15-16)24(18,3)11-8-19(26)25(20,4)12-9-21(23)27/h7,9-10,12-13,15,17,19-20H,6,8,11,14H2,1-5H3/t17-,19?,20?,24-,25+,26-/m0/s1. The van der Waals surface area contributed by atoms with Crippen LogP contribution >= 0.6 is 0 Å². The van der Waals surface area contributed by atoms with Gasteiger partial charge in [-0.05, 0) is 72.5 Å². The minimum atomic E-state index is -0.482. The highest BCUT2D eigenvalue weighted by molar-refractivity contribution is 5.98. The first kappa shape index (κ1) is 19.1. The fourth-order valence-corrected chi connectivity index (χ4v) is 7.97. The van der Waals surface area contributed by atoms with E-state index in [9.17, 15) is 9.59 Å². The molecule has 3 nitrogen and oxygen atoms in total. The molecule has 4 aliphatic carbocycles. The molecule has 0 saturated heterocycles. The van der Waals surface area contributed by atoms with Gasteiger partial charge in [0.1, 0.15) is 5.78 Å². The van der Waals surface area contributed by atoms with E-state index in [0.29, 0.717) is 18.1 Å². The Balaban J connectivity index is 1.61. The van der Waals surface area contributed by atoms with Crippen molar-refractivity contribution >= 4 is 11.6 Å². The van der Waals surface area contributed by atoms with Crippen molar-refractivity contribution in [2.24, 2.45) is 33.5 Å². The van der Waals surface area contributed by atoms with Crippen LogP contribution in [0.4, 0.5) is 0 Å². The smallest absolute Gasteiger partial charge is 0.161 e. The van der Waals surface area contributed by atoms with Gasteiger partial charge in [0.15, 0.2) is 5.78 Å². The monoisotopic (exact) mass is 392 g/mol. The SMILES string of the molecule is CC1(C)C(=O)C=C[C@@]2(C)C1CC(=O)[C@@]1(C)C3=CC[C@@H](c4ccoc4)[C@]3(C)CCC12. The van der Waals surface area contributed by atoms with Crippen molar-refractivity contribution in [3.63, 3.8) is 0 Å². The summed E-state index contributed by atoms with van der Waals surface area (Å²) in [5.41, 5.74) is 1.54. The highest BCUT2D eigenvalue weighted by Gasteiger charge is 2.67. The second kappa shape index (κ2) is 5.62. The summed E-state index contributed by atoms with van der Waals surface area (Å²) in [5.74, 6) is 1.21. The van der Waals surface area contributed by atoms with E-state index >= 15 is 0 Å². The van der Waals surface area contributed by atoms with E-state index in [2.05, 4.69) is 39.0 Å². The third-order valence-corrected chi connectivity index (χ3v) is 9.67. The van der Waals surface area contributed by atoms with Crippen LogP contribution in [-0.4, -0.2) is 11.6 Å². The summed E-state index contributed by atoms with van der Waals surface area (Å²) in [5, 5.41) is 0. The number of carbonyl (C=O) groups is 2. The molecule has 3 heteroatoms. The highest BCUT2D eigenvalue weighted by atomic mass is 16.3. The number of carbonyl (C=O) groups excluding carboxylic acids is 2. The Morgan fingerprint density at radius 3 is 2.52 bits per heavy atom. The number of allylic oxidation sites excluding steroid dienone is 4. The van der Waals surface area contributed by atoms with Crippen LogP contribution in [0.25, 0.3) is 0 Å². The quantitative estimate of drug-likeness (QED) is 0.561. The van der Waals surface area contributed by atoms with Crippen molar-refractivity contribution in [2.75, 3.05) is 0 Å². The van der Waals surface area contributed by atoms with Gasteiger partial charge < -0.3 is 4.42 Å². The molecule has 5 rings (SSSR count). The van der Waals surface area contributed by atoms with Gasteiger partial charge in [-0.15, -0.1) is 0 Å². The van der Waals surface area contributed by atoms with E-state index in [0.717, 1.165) is 19.3 Å². The lowest BCUT2D eigenvalue weighted by Gasteiger charge is -2.63. The van der Waals surface area contributed by atoms with Crippen molar-refractivity contribution in [2.45, 2.75) is 66.2 Å². The van der Waals surface area contributed by atoms with Gasteiger partial charge in [-0.25, -0.2) is 0 Å². The van der Waals surface area contributed by atoms with E-state index in [4.69, 9.17) is 4.42 Å². The molecule has 0 spiro atoms. The molecule has 0 bridgehead atoms. The first-order valence-electron chi connectivity index (χ1n) is 11.1. The van der Waals surface area contributed by atoms with E-state index in [1.165, 1.54) is 11.1 Å². The van der Waals surface area contributed by atoms with E-state index in [1.54, 1.807) is 12.3 Å². The van der Waals surface area contributed by atoms with Crippen LogP contribution in [-0.2, 0) is 9.59 Å². The summed E-state index contributed by atoms with van der Waals surface area (Å²) in [6.07, 6.45) is 13.5. The lowest BCUT2D eigenvalue weighted by molar-refractivity contribution is -0.156. The van der Waals surface area contributed by atoms with Gasteiger partial charge in [0, 0.05) is 11.8 Å². The Hall–Kier alpha value is -1.90. The number of hydrogen-bond donors (Lipinski definition) is 0. The largest absolute Gasteiger partial charge is 0.472 e. The van der Waals surface area contributed by atoms with Crippen molar-refractivity contribution in [3.8, 4) is 0 Å². The van der Waals surface area contributed by atoms with Crippen LogP contribution < -0.4 is 0 Å². The first-order chi connectivity index (χ1) is 13.6. The summed E-state index contributed by atoms with van der Waals surface area (Å²) in [4.78, 5) is 26.5. The average Bonchev–Trinajstić information content (AvgIpc) is 3.29. The fourth-order valence-electron chi connectivity index (χ4n) is 7.97. The zero-order chi connectivity index (χ0) is 20.8. The van der Waals surface area contributed by atoms with Crippen LogP contribution in [0.3, 0.4) is 0 Å². The normalized spacial score (nSPS) is 45.4. The van der Waals surface area contributed by atoms with Gasteiger partial charge in [-0.1, -0.05) is 45.4 Å². The van der Waals surface area contributed by atoms with E-state index in [1.807, 2.05) is 20.1 Å². The molecule has 0 amide bonds. The highest BCUT2D eigenvalue weighted by Crippen LogP contribution is 2.71. The van der Waals surface area contributed by atoms with Gasteiger partial charge >= 0.3 is 0 Å². The number of furan rings is 1. The molecule has 1 aromatic rings. The molecule has 4 aliphatic rings. The predicted octanol–water partition coefficient (Wildman–Crippen LogP) is 5.88. The summed E-state index contributed by atoms with van der Waals surface area (Å²) in [6.45, 7) is 10.9. The molecular weight excluding hydrogens is 360 g/mol. The number of hydrogen-bond acceptors (Lipinski definition) is 3. The maximum atomic E-state index is 13.8. The van der Waals surface area contributed by atoms with Crippen LogP contribution in [0.1, 0.15) is 71.8 Å². The van der Waals surface area contributed by atoms with E-state index < -0.39 is 10.8 Å². The molecule has 0 N–H and O–H groups in total. The summed E-state index contributed by atoms with van der Waals surface area (Å²) < 4.78 is 5.39. The minimum absolute atomic E-state index is 0.00228. The minimum Gasteiger partial charge on any atom is -0.472 e. The molecule has 2 saturated carbocycles. The molecule has 1 aromatic heterocycles. The van der Waals surface area contributed by atoms with Gasteiger partial charge in [0.2, 0.25) is 0 Å². The number of rotatable bonds is 1. The van der Waals surface area contributed by atoms with Crippen molar-refractivity contribution in [1.82, 2.24) is 0 Å². The number of fused-ring (bicyclic) bond motifs is 5. The van der Waals surface area contributed by atoms with Gasteiger partial charge in [-0.3, -0.25) is 9.59 Å². The third kappa shape index (κ3) is 2.14. The van der Waals surface area contributed by atoms with Crippen LogP contribution in [0.15, 0.2) is 46.8 Å². The third-order valence-electron chi connectivity index (χ3n) is 9.67. The Morgan fingerprint density at radius 2 is 1.83 bits per heavy atom. The molecule has 1 heterocycles. The fraction of sp³-hybridized carbons (Fsp3) is 0.615. The lowest BCUT2D eigenvalue weighted by atomic mass is 9.39. The number of Topliss-reactive ketones (excluding diaryl/α,β-unsaturated/α-hetero) is 1. The first-order valence-corrected chi connectivity index (χ1v) is 11.1. The number of ketones is 2. The summed E-state index contributed by atoms with van der Waals surface area (Å²) in [7, 11) is 0. The summed E-state index contributed by atoms with van der Waals surface area (Å²) >= 11 is 0. The molecule has 154 valence electrons. The second-order valence-electron chi connectivity index (χ2n) is 11.1.